The third-order valence-corrected chi connectivity index (χ3v) is 7.18. The number of thioether (sulfide) groups is 1. The standard InChI is InChI=1S/C27H36N2O2S/c1-4-25(27(31)28-23-7-5-6-8-23)29(19-22-13-9-20(2)10-14-22)26(30)17-18-32-24-15-11-21(3)12-16-24/h9-16,23,25H,4-8,17-19H2,1-3H3,(H,28,31). The summed E-state index contributed by atoms with van der Waals surface area (Å²) >= 11 is 1.69. The number of hydrogen-bond acceptors (Lipinski definition) is 3. The van der Waals surface area contributed by atoms with Gasteiger partial charge in [0.2, 0.25) is 11.8 Å². The molecule has 2 aromatic rings. The Labute approximate surface area is 197 Å². The monoisotopic (exact) mass is 452 g/mol. The largest absolute Gasteiger partial charge is 0.352 e. The highest BCUT2D eigenvalue weighted by Gasteiger charge is 2.30. The van der Waals surface area contributed by atoms with Crippen molar-refractivity contribution in [3.63, 3.8) is 0 Å². The van der Waals surface area contributed by atoms with E-state index in [0.29, 0.717) is 25.1 Å². The molecule has 1 aliphatic carbocycles. The van der Waals surface area contributed by atoms with Gasteiger partial charge in [-0.3, -0.25) is 9.59 Å². The van der Waals surface area contributed by atoms with Crippen LogP contribution in [0.1, 0.15) is 62.1 Å². The number of hydrogen-bond donors (Lipinski definition) is 1. The fourth-order valence-corrected chi connectivity index (χ4v) is 5.05. The predicted molar refractivity (Wildman–Crippen MR) is 133 cm³/mol. The molecule has 0 radical (unpaired) electrons. The molecule has 5 heteroatoms. The number of nitrogens with zero attached hydrogens (tertiary/aromatic N) is 1. The molecule has 0 aromatic heterocycles. The lowest BCUT2D eigenvalue weighted by molar-refractivity contribution is -0.141. The van der Waals surface area contributed by atoms with E-state index in [2.05, 4.69) is 67.7 Å². The zero-order chi connectivity index (χ0) is 22.9. The molecule has 0 bridgehead atoms. The zero-order valence-corrected chi connectivity index (χ0v) is 20.4. The second kappa shape index (κ2) is 12.1. The van der Waals surface area contributed by atoms with Crippen molar-refractivity contribution < 1.29 is 9.59 Å². The maximum Gasteiger partial charge on any atom is 0.243 e. The Morgan fingerprint density at radius 1 is 1.00 bits per heavy atom. The first-order valence-corrected chi connectivity index (χ1v) is 12.8. The molecule has 1 aliphatic rings. The molecule has 0 spiro atoms. The Balaban J connectivity index is 1.68. The molecule has 2 amide bonds. The van der Waals surface area contributed by atoms with Gasteiger partial charge in [0.1, 0.15) is 6.04 Å². The van der Waals surface area contributed by atoms with Gasteiger partial charge in [0.25, 0.3) is 0 Å². The van der Waals surface area contributed by atoms with Crippen LogP contribution in [-0.2, 0) is 16.1 Å². The van der Waals surface area contributed by atoms with E-state index in [1.165, 1.54) is 28.9 Å². The average molecular weight is 453 g/mol. The number of aryl methyl sites for hydroxylation is 2. The maximum absolute atomic E-state index is 13.3. The summed E-state index contributed by atoms with van der Waals surface area (Å²) in [6.45, 7) is 6.58. The molecular weight excluding hydrogens is 416 g/mol. The molecule has 32 heavy (non-hydrogen) atoms. The summed E-state index contributed by atoms with van der Waals surface area (Å²) in [4.78, 5) is 29.4. The Bertz CT molecular complexity index is 874. The average Bonchev–Trinajstić information content (AvgIpc) is 3.29. The molecule has 1 fully saturated rings. The van der Waals surface area contributed by atoms with E-state index >= 15 is 0 Å². The second-order valence-corrected chi connectivity index (χ2v) is 10.0. The summed E-state index contributed by atoms with van der Waals surface area (Å²) in [5.41, 5.74) is 3.48. The van der Waals surface area contributed by atoms with Gasteiger partial charge in [0, 0.05) is 29.7 Å². The summed E-state index contributed by atoms with van der Waals surface area (Å²) < 4.78 is 0. The first-order chi connectivity index (χ1) is 15.5. The number of rotatable bonds is 10. The minimum atomic E-state index is -0.436. The molecule has 0 heterocycles. The number of carbonyl (C=O) groups excluding carboxylic acids is 2. The van der Waals surface area contributed by atoms with Gasteiger partial charge < -0.3 is 10.2 Å². The minimum absolute atomic E-state index is 0.00829. The van der Waals surface area contributed by atoms with E-state index in [4.69, 9.17) is 0 Å². The van der Waals surface area contributed by atoms with Crippen LogP contribution in [0.3, 0.4) is 0 Å². The molecule has 4 nitrogen and oxygen atoms in total. The van der Waals surface area contributed by atoms with Crippen molar-refractivity contribution in [1.29, 1.82) is 0 Å². The van der Waals surface area contributed by atoms with Crippen LogP contribution in [0.25, 0.3) is 0 Å². The van der Waals surface area contributed by atoms with Gasteiger partial charge >= 0.3 is 0 Å². The van der Waals surface area contributed by atoms with Crippen molar-refractivity contribution >= 4 is 23.6 Å². The van der Waals surface area contributed by atoms with Crippen molar-refractivity contribution in [2.24, 2.45) is 0 Å². The molecule has 172 valence electrons. The van der Waals surface area contributed by atoms with Crippen LogP contribution in [-0.4, -0.2) is 34.6 Å². The lowest BCUT2D eigenvalue weighted by Gasteiger charge is -2.31. The van der Waals surface area contributed by atoms with Crippen LogP contribution in [0.4, 0.5) is 0 Å². The highest BCUT2D eigenvalue weighted by molar-refractivity contribution is 7.99. The first kappa shape index (κ1) is 24.4. The molecule has 1 unspecified atom stereocenters. The van der Waals surface area contributed by atoms with Crippen LogP contribution in [0.5, 0.6) is 0 Å². The third-order valence-electron chi connectivity index (χ3n) is 6.17. The van der Waals surface area contributed by atoms with Crippen LogP contribution in [0.2, 0.25) is 0 Å². The number of benzene rings is 2. The summed E-state index contributed by atoms with van der Waals surface area (Å²) in [7, 11) is 0. The Morgan fingerprint density at radius 3 is 2.19 bits per heavy atom. The molecule has 1 saturated carbocycles. The third kappa shape index (κ3) is 7.13. The van der Waals surface area contributed by atoms with Gasteiger partial charge in [0.05, 0.1) is 0 Å². The zero-order valence-electron chi connectivity index (χ0n) is 19.6. The Kier molecular flexibility index (Phi) is 9.22. The van der Waals surface area contributed by atoms with Crippen molar-refractivity contribution in [2.45, 2.75) is 82.8 Å². The van der Waals surface area contributed by atoms with Crippen LogP contribution in [0, 0.1) is 13.8 Å². The Hall–Kier alpha value is -2.27. The number of nitrogens with one attached hydrogen (secondary N) is 1. The van der Waals surface area contributed by atoms with Gasteiger partial charge in [0.15, 0.2) is 0 Å². The van der Waals surface area contributed by atoms with Crippen LogP contribution in [0.15, 0.2) is 53.4 Å². The van der Waals surface area contributed by atoms with E-state index in [9.17, 15) is 9.59 Å². The molecule has 2 aromatic carbocycles. The SMILES string of the molecule is CCC(C(=O)NC1CCCC1)N(Cc1ccc(C)cc1)C(=O)CCSc1ccc(C)cc1. The fraction of sp³-hybridized carbons (Fsp3) is 0.481. The van der Waals surface area contributed by atoms with Crippen LogP contribution < -0.4 is 5.32 Å². The van der Waals surface area contributed by atoms with Gasteiger partial charge in [-0.25, -0.2) is 0 Å². The molecule has 0 saturated heterocycles. The fourth-order valence-electron chi connectivity index (χ4n) is 4.21. The first-order valence-electron chi connectivity index (χ1n) is 11.8. The maximum atomic E-state index is 13.3. The quantitative estimate of drug-likeness (QED) is 0.474. The van der Waals surface area contributed by atoms with Gasteiger partial charge in [-0.15, -0.1) is 11.8 Å². The number of carbonyl (C=O) groups is 2. The predicted octanol–water partition coefficient (Wildman–Crippen LogP) is 5.65. The summed E-state index contributed by atoms with van der Waals surface area (Å²) in [5.74, 6) is 0.733. The molecule has 1 atom stereocenters. The molecular formula is C27H36N2O2S. The van der Waals surface area contributed by atoms with Crippen LogP contribution >= 0.6 is 11.8 Å². The highest BCUT2D eigenvalue weighted by atomic mass is 32.2. The van der Waals surface area contributed by atoms with Gasteiger partial charge in [-0.2, -0.15) is 0 Å². The summed E-state index contributed by atoms with van der Waals surface area (Å²) in [5, 5.41) is 3.21. The van der Waals surface area contributed by atoms with Crippen molar-refractivity contribution in [3.8, 4) is 0 Å². The van der Waals surface area contributed by atoms with E-state index in [1.54, 1.807) is 16.7 Å². The van der Waals surface area contributed by atoms with Crippen molar-refractivity contribution in [3.05, 3.63) is 65.2 Å². The smallest absolute Gasteiger partial charge is 0.243 e. The van der Waals surface area contributed by atoms with E-state index in [0.717, 1.165) is 18.4 Å². The van der Waals surface area contributed by atoms with E-state index in [-0.39, 0.29) is 17.9 Å². The van der Waals surface area contributed by atoms with Gasteiger partial charge in [-0.05, 0) is 50.8 Å². The highest BCUT2D eigenvalue weighted by Crippen LogP contribution is 2.22. The molecule has 1 N–H and O–H groups in total. The van der Waals surface area contributed by atoms with Crippen molar-refractivity contribution in [2.75, 3.05) is 5.75 Å². The lowest BCUT2D eigenvalue weighted by Crippen LogP contribution is -2.51. The van der Waals surface area contributed by atoms with E-state index in [1.807, 2.05) is 6.92 Å². The molecule has 3 rings (SSSR count). The summed E-state index contributed by atoms with van der Waals surface area (Å²) in [6, 6.07) is 16.4. The Morgan fingerprint density at radius 2 is 1.59 bits per heavy atom. The normalized spacial score (nSPS) is 14.8. The lowest BCUT2D eigenvalue weighted by atomic mass is 10.1. The second-order valence-electron chi connectivity index (χ2n) is 8.83. The van der Waals surface area contributed by atoms with Gasteiger partial charge in [-0.1, -0.05) is 67.3 Å². The minimum Gasteiger partial charge on any atom is -0.352 e. The van der Waals surface area contributed by atoms with Crippen molar-refractivity contribution in [1.82, 2.24) is 10.2 Å². The molecule has 0 aliphatic heterocycles. The van der Waals surface area contributed by atoms with E-state index < -0.39 is 6.04 Å². The number of amides is 2. The topological polar surface area (TPSA) is 49.4 Å². The summed E-state index contributed by atoms with van der Waals surface area (Å²) in [6.07, 6.45) is 5.45.